The Balaban J connectivity index is 1.23. The third kappa shape index (κ3) is 5.35. The second-order valence-corrected chi connectivity index (χ2v) is 12.0. The molecule has 1 aliphatic heterocycles. The maximum atomic E-state index is 14.0. The molecule has 3 aromatic rings. The van der Waals surface area contributed by atoms with Crippen LogP contribution in [-0.2, 0) is 6.54 Å². The normalized spacial score (nSPS) is 22.2. The van der Waals surface area contributed by atoms with E-state index in [1.165, 1.54) is 9.42 Å². The van der Waals surface area contributed by atoms with Crippen LogP contribution in [0.25, 0.3) is 5.65 Å². The minimum Gasteiger partial charge on any atom is -0.342 e. The van der Waals surface area contributed by atoms with Gasteiger partial charge >= 0.3 is 6.03 Å². The van der Waals surface area contributed by atoms with Crippen LogP contribution in [0.1, 0.15) is 86.2 Å². The second kappa shape index (κ2) is 9.69. The molecule has 2 aliphatic carbocycles. The highest BCUT2D eigenvalue weighted by Crippen LogP contribution is 2.48. The molecule has 3 amide bonds. The van der Waals surface area contributed by atoms with Crippen molar-refractivity contribution in [2.24, 2.45) is 5.92 Å². The number of halogens is 4. The van der Waals surface area contributed by atoms with E-state index in [4.69, 9.17) is 4.98 Å². The topological polar surface area (TPSA) is 109 Å². The average molecular weight is 577 g/mol. The third-order valence-electron chi connectivity index (χ3n) is 8.35. The molecule has 3 aromatic heterocycles. The van der Waals surface area contributed by atoms with Crippen molar-refractivity contribution in [2.75, 3.05) is 6.54 Å². The van der Waals surface area contributed by atoms with Gasteiger partial charge in [0, 0.05) is 51.0 Å². The third-order valence-corrected chi connectivity index (χ3v) is 8.35. The Morgan fingerprint density at radius 1 is 1.15 bits per heavy atom. The van der Waals surface area contributed by atoms with Crippen LogP contribution in [0.15, 0.2) is 30.7 Å². The summed E-state index contributed by atoms with van der Waals surface area (Å²) < 4.78 is 58.1. The Labute approximate surface area is 233 Å². The fraction of sp³-hybridized carbons (Fsp3) is 0.593. The summed E-state index contributed by atoms with van der Waals surface area (Å²) in [6, 6.07) is 2.27. The van der Waals surface area contributed by atoms with Gasteiger partial charge in [-0.1, -0.05) is 0 Å². The van der Waals surface area contributed by atoms with Gasteiger partial charge in [-0.15, -0.1) is 0 Å². The molecule has 0 unspecified atom stereocenters. The lowest BCUT2D eigenvalue weighted by atomic mass is 9.74. The van der Waals surface area contributed by atoms with E-state index in [0.29, 0.717) is 22.6 Å². The van der Waals surface area contributed by atoms with E-state index in [-0.39, 0.29) is 69.5 Å². The largest absolute Gasteiger partial charge is 0.342 e. The second-order valence-electron chi connectivity index (χ2n) is 12.0. The molecule has 0 radical (unpaired) electrons. The first-order valence-corrected chi connectivity index (χ1v) is 13.8. The van der Waals surface area contributed by atoms with E-state index in [1.54, 1.807) is 35.4 Å². The molecule has 3 fully saturated rings. The summed E-state index contributed by atoms with van der Waals surface area (Å²) >= 11 is 0. The van der Waals surface area contributed by atoms with Crippen LogP contribution < -0.4 is 10.6 Å². The standard InChI is InChI=1S/C27H32F4N8O2/c1-16(2)39-20(5-8-32-39)23(40)35-22(18-3-6-26(28,29)7-4-18)19-12-38-21(34-19)9-17(10-33-38)11-37-15-25(36-24(37)41)13-27(30,31)14-25/h5,8-10,12,16,18,22H,3-4,6-7,11,13-15H2,1-2H3,(H,35,40)(H,36,41)/t22-/m0/s1. The van der Waals surface area contributed by atoms with Crippen molar-refractivity contribution >= 4 is 17.6 Å². The van der Waals surface area contributed by atoms with E-state index in [0.717, 1.165) is 0 Å². The summed E-state index contributed by atoms with van der Waals surface area (Å²) in [6.07, 6.45) is 3.94. The number of fused-ring (bicyclic) bond motifs is 1. The number of hydrogen-bond donors (Lipinski definition) is 2. The predicted octanol–water partition coefficient (Wildman–Crippen LogP) is 4.50. The van der Waals surface area contributed by atoms with E-state index >= 15 is 0 Å². The molecular formula is C27H32F4N8O2. The van der Waals surface area contributed by atoms with Crippen LogP contribution >= 0.6 is 0 Å². The highest BCUT2D eigenvalue weighted by molar-refractivity contribution is 5.92. The zero-order valence-corrected chi connectivity index (χ0v) is 22.8. The van der Waals surface area contributed by atoms with Gasteiger partial charge in [0.05, 0.1) is 29.7 Å². The van der Waals surface area contributed by atoms with Gasteiger partial charge in [0.25, 0.3) is 11.8 Å². The van der Waals surface area contributed by atoms with Crippen molar-refractivity contribution in [2.45, 2.75) is 88.4 Å². The first-order valence-electron chi connectivity index (χ1n) is 13.8. The van der Waals surface area contributed by atoms with Crippen molar-refractivity contribution in [1.82, 2.24) is 39.9 Å². The van der Waals surface area contributed by atoms with Crippen LogP contribution in [0.5, 0.6) is 0 Å². The van der Waals surface area contributed by atoms with Crippen LogP contribution in [0, 0.1) is 5.92 Å². The lowest BCUT2D eigenvalue weighted by molar-refractivity contribution is -0.125. The molecule has 3 aliphatic rings. The number of carbonyl (C=O) groups is 2. The summed E-state index contributed by atoms with van der Waals surface area (Å²) in [5.74, 6) is -6.12. The van der Waals surface area contributed by atoms with Crippen molar-refractivity contribution in [3.63, 3.8) is 0 Å². The fourth-order valence-electron chi connectivity index (χ4n) is 6.39. The van der Waals surface area contributed by atoms with Gasteiger partial charge in [-0.3, -0.25) is 9.48 Å². The number of nitrogens with zero attached hydrogens (tertiary/aromatic N) is 6. The molecule has 0 aromatic carbocycles. The van der Waals surface area contributed by atoms with Gasteiger partial charge < -0.3 is 15.5 Å². The van der Waals surface area contributed by atoms with Gasteiger partial charge in [-0.05, 0) is 50.3 Å². The summed E-state index contributed by atoms with van der Waals surface area (Å²) in [7, 11) is 0. The average Bonchev–Trinajstić information content (AvgIpc) is 3.59. The van der Waals surface area contributed by atoms with E-state index < -0.39 is 29.5 Å². The SMILES string of the molecule is CC(C)n1nccc1C(=O)N[C@H](c1cn2ncc(CN3CC4(CC(F)(F)C4)NC3=O)cc2n1)C1CCC(F)(F)CC1. The maximum Gasteiger partial charge on any atom is 0.318 e. The molecule has 1 saturated heterocycles. The van der Waals surface area contributed by atoms with Crippen LogP contribution in [0.2, 0.25) is 0 Å². The molecule has 4 heterocycles. The van der Waals surface area contributed by atoms with Gasteiger partial charge in [0.15, 0.2) is 5.65 Å². The van der Waals surface area contributed by atoms with Gasteiger partial charge in [0.2, 0.25) is 5.92 Å². The molecule has 220 valence electrons. The van der Waals surface area contributed by atoms with Crippen molar-refractivity contribution in [1.29, 1.82) is 0 Å². The molecule has 10 nitrogen and oxygen atoms in total. The summed E-state index contributed by atoms with van der Waals surface area (Å²) in [6.45, 7) is 4.16. The number of aromatic nitrogens is 5. The number of urea groups is 1. The number of alkyl halides is 4. The first-order chi connectivity index (χ1) is 19.3. The first kappa shape index (κ1) is 27.5. The molecule has 1 atom stereocenters. The Kier molecular flexibility index (Phi) is 6.49. The number of imidazole rings is 1. The minimum atomic E-state index is -2.76. The smallest absolute Gasteiger partial charge is 0.318 e. The van der Waals surface area contributed by atoms with E-state index in [2.05, 4.69) is 20.8 Å². The highest BCUT2D eigenvalue weighted by Gasteiger charge is 2.61. The van der Waals surface area contributed by atoms with Crippen LogP contribution in [-0.4, -0.2) is 65.1 Å². The zero-order chi connectivity index (χ0) is 29.2. The lowest BCUT2D eigenvalue weighted by Gasteiger charge is -2.43. The van der Waals surface area contributed by atoms with Crippen molar-refractivity contribution < 1.29 is 27.2 Å². The molecule has 1 spiro atoms. The summed E-state index contributed by atoms with van der Waals surface area (Å²) in [5.41, 5.74) is 1.07. The number of rotatable bonds is 7. The number of nitrogens with one attached hydrogen (secondary N) is 2. The van der Waals surface area contributed by atoms with Crippen LogP contribution in [0.4, 0.5) is 22.4 Å². The van der Waals surface area contributed by atoms with Gasteiger partial charge in [-0.2, -0.15) is 10.2 Å². The van der Waals surface area contributed by atoms with E-state index in [1.807, 2.05) is 13.8 Å². The predicted molar refractivity (Wildman–Crippen MR) is 139 cm³/mol. The quantitative estimate of drug-likeness (QED) is 0.403. The van der Waals surface area contributed by atoms with Crippen molar-refractivity contribution in [3.8, 4) is 0 Å². The zero-order valence-electron chi connectivity index (χ0n) is 22.8. The molecular weight excluding hydrogens is 544 g/mol. The van der Waals surface area contributed by atoms with E-state index in [9.17, 15) is 27.2 Å². The minimum absolute atomic E-state index is 0.0521. The van der Waals surface area contributed by atoms with Gasteiger partial charge in [0.1, 0.15) is 5.69 Å². The Morgan fingerprint density at radius 3 is 2.56 bits per heavy atom. The van der Waals surface area contributed by atoms with Gasteiger partial charge in [-0.25, -0.2) is 31.9 Å². The lowest BCUT2D eigenvalue weighted by Crippen LogP contribution is -2.60. The Morgan fingerprint density at radius 2 is 1.88 bits per heavy atom. The van der Waals surface area contributed by atoms with Crippen molar-refractivity contribution in [3.05, 3.63) is 47.7 Å². The Hall–Kier alpha value is -3.71. The fourth-order valence-corrected chi connectivity index (χ4v) is 6.39. The monoisotopic (exact) mass is 576 g/mol. The number of hydrogen-bond acceptors (Lipinski definition) is 5. The maximum absolute atomic E-state index is 14.0. The molecule has 6 rings (SSSR count). The summed E-state index contributed by atoms with van der Waals surface area (Å²) in [5, 5.41) is 14.4. The summed E-state index contributed by atoms with van der Waals surface area (Å²) in [4.78, 5) is 32.0. The highest BCUT2D eigenvalue weighted by atomic mass is 19.3. The molecule has 2 saturated carbocycles. The number of amides is 3. The number of carbonyl (C=O) groups excluding carboxylic acids is 2. The van der Waals surface area contributed by atoms with Crippen LogP contribution in [0.3, 0.4) is 0 Å². The molecule has 14 heteroatoms. The molecule has 0 bridgehead atoms. The molecule has 2 N–H and O–H groups in total. The Bertz CT molecular complexity index is 1470. The molecule has 41 heavy (non-hydrogen) atoms.